The van der Waals surface area contributed by atoms with Crippen LogP contribution in [0.5, 0.6) is 0 Å². The summed E-state index contributed by atoms with van der Waals surface area (Å²) in [4.78, 5) is 10.9. The third kappa shape index (κ3) is 3.59. The van der Waals surface area contributed by atoms with Crippen LogP contribution in [0.15, 0.2) is 12.2 Å². The van der Waals surface area contributed by atoms with Gasteiger partial charge in [-0.2, -0.15) is 0 Å². The van der Waals surface area contributed by atoms with E-state index in [0.717, 1.165) is 18.5 Å². The van der Waals surface area contributed by atoms with Crippen LogP contribution in [-0.2, 0) is 9.53 Å². The Morgan fingerprint density at radius 1 is 1.69 bits per heavy atom. The summed E-state index contributed by atoms with van der Waals surface area (Å²) in [6, 6.07) is 0.525. The fourth-order valence-electron chi connectivity index (χ4n) is 1.63. The lowest BCUT2D eigenvalue weighted by Gasteiger charge is -2.11. The molecule has 1 atom stereocenters. The molecule has 0 amide bonds. The smallest absolute Gasteiger partial charge is 0.309 e. The summed E-state index contributed by atoms with van der Waals surface area (Å²) in [7, 11) is 1.41. The fraction of sp³-hybridized carbons (Fsp3) is 0.700. The van der Waals surface area contributed by atoms with Crippen LogP contribution in [0.1, 0.15) is 25.7 Å². The molecule has 74 valence electrons. The Bertz CT molecular complexity index is 195. The van der Waals surface area contributed by atoms with Crippen molar-refractivity contribution in [1.29, 1.82) is 0 Å². The fourth-order valence-corrected chi connectivity index (χ4v) is 1.63. The molecule has 0 spiro atoms. The Kier molecular flexibility index (Phi) is 3.96. The highest BCUT2D eigenvalue weighted by atomic mass is 16.5. The van der Waals surface area contributed by atoms with Gasteiger partial charge in [-0.25, -0.2) is 0 Å². The van der Waals surface area contributed by atoms with Crippen LogP contribution in [0.3, 0.4) is 0 Å². The molecule has 0 bridgehead atoms. The van der Waals surface area contributed by atoms with E-state index in [2.05, 4.69) is 16.6 Å². The van der Waals surface area contributed by atoms with Crippen LogP contribution in [-0.4, -0.2) is 25.7 Å². The lowest BCUT2D eigenvalue weighted by molar-refractivity contribution is -0.139. The molecule has 0 aromatic rings. The monoisotopic (exact) mass is 183 g/mol. The van der Waals surface area contributed by atoms with Crippen LogP contribution >= 0.6 is 0 Å². The zero-order valence-electron chi connectivity index (χ0n) is 8.14. The van der Waals surface area contributed by atoms with Crippen LogP contribution in [0.25, 0.3) is 0 Å². The van der Waals surface area contributed by atoms with Gasteiger partial charge in [0.15, 0.2) is 0 Å². The summed E-state index contributed by atoms with van der Waals surface area (Å²) in [6.45, 7) is 4.96. The van der Waals surface area contributed by atoms with Crippen molar-refractivity contribution in [3.8, 4) is 0 Å². The van der Waals surface area contributed by atoms with E-state index in [9.17, 15) is 4.79 Å². The van der Waals surface area contributed by atoms with E-state index in [4.69, 9.17) is 0 Å². The summed E-state index contributed by atoms with van der Waals surface area (Å²) < 4.78 is 4.57. The average molecular weight is 183 g/mol. The predicted molar refractivity (Wildman–Crippen MR) is 51.4 cm³/mol. The van der Waals surface area contributed by atoms with E-state index in [0.29, 0.717) is 12.5 Å². The first-order chi connectivity index (χ1) is 6.22. The molecule has 0 aliphatic carbocycles. The number of hydrogen-bond donors (Lipinski definition) is 1. The first-order valence-electron chi connectivity index (χ1n) is 4.69. The third-order valence-corrected chi connectivity index (χ3v) is 2.32. The molecule has 1 saturated heterocycles. The van der Waals surface area contributed by atoms with Crippen molar-refractivity contribution < 1.29 is 9.53 Å². The molecule has 1 aliphatic heterocycles. The van der Waals surface area contributed by atoms with Crippen molar-refractivity contribution in [2.24, 2.45) is 0 Å². The summed E-state index contributed by atoms with van der Waals surface area (Å²) >= 11 is 0. The number of ether oxygens (including phenoxy) is 1. The normalized spacial score (nSPS) is 21.5. The maximum absolute atomic E-state index is 10.9. The molecule has 1 unspecified atom stereocenters. The zero-order valence-corrected chi connectivity index (χ0v) is 8.14. The molecule has 1 N–H and O–H groups in total. The van der Waals surface area contributed by atoms with Gasteiger partial charge in [-0.15, -0.1) is 0 Å². The van der Waals surface area contributed by atoms with Crippen molar-refractivity contribution in [3.63, 3.8) is 0 Å². The number of rotatable bonds is 4. The molecule has 13 heavy (non-hydrogen) atoms. The SMILES string of the molecule is C=C(CC(=O)OC)CC1CCCN1. The Labute approximate surface area is 79.2 Å². The highest BCUT2D eigenvalue weighted by molar-refractivity contribution is 5.72. The minimum absolute atomic E-state index is 0.192. The topological polar surface area (TPSA) is 38.3 Å². The third-order valence-electron chi connectivity index (χ3n) is 2.32. The van der Waals surface area contributed by atoms with E-state index >= 15 is 0 Å². The number of nitrogens with one attached hydrogen (secondary N) is 1. The van der Waals surface area contributed by atoms with E-state index in [1.165, 1.54) is 20.0 Å². The van der Waals surface area contributed by atoms with Gasteiger partial charge < -0.3 is 10.1 Å². The van der Waals surface area contributed by atoms with Gasteiger partial charge in [-0.3, -0.25) is 4.79 Å². The van der Waals surface area contributed by atoms with E-state index < -0.39 is 0 Å². The molecule has 1 fully saturated rings. The van der Waals surface area contributed by atoms with Gasteiger partial charge in [0, 0.05) is 6.04 Å². The van der Waals surface area contributed by atoms with Crippen LogP contribution in [0.4, 0.5) is 0 Å². The first kappa shape index (κ1) is 10.3. The Hall–Kier alpha value is -0.830. The largest absolute Gasteiger partial charge is 0.469 e. The van der Waals surface area contributed by atoms with Gasteiger partial charge >= 0.3 is 5.97 Å². The molecule has 1 heterocycles. The number of esters is 1. The van der Waals surface area contributed by atoms with Crippen molar-refractivity contribution in [1.82, 2.24) is 5.32 Å². The molecule has 3 heteroatoms. The number of carbonyl (C=O) groups is 1. The quantitative estimate of drug-likeness (QED) is 0.526. The second-order valence-corrected chi connectivity index (χ2v) is 3.50. The van der Waals surface area contributed by atoms with Crippen molar-refractivity contribution in [2.45, 2.75) is 31.7 Å². The molecule has 1 aliphatic rings. The van der Waals surface area contributed by atoms with E-state index in [1.807, 2.05) is 0 Å². The van der Waals surface area contributed by atoms with Gasteiger partial charge in [-0.05, 0) is 25.8 Å². The Morgan fingerprint density at radius 2 is 2.46 bits per heavy atom. The van der Waals surface area contributed by atoms with Gasteiger partial charge in [0.05, 0.1) is 13.5 Å². The second-order valence-electron chi connectivity index (χ2n) is 3.50. The summed E-state index contributed by atoms with van der Waals surface area (Å²) in [5.41, 5.74) is 0.964. The van der Waals surface area contributed by atoms with Crippen molar-refractivity contribution >= 4 is 5.97 Å². The van der Waals surface area contributed by atoms with Crippen LogP contribution in [0, 0.1) is 0 Å². The van der Waals surface area contributed by atoms with Gasteiger partial charge in [-0.1, -0.05) is 12.2 Å². The standard InChI is InChI=1S/C10H17NO2/c1-8(7-10(12)13-2)6-9-4-3-5-11-9/h9,11H,1,3-7H2,2H3. The first-order valence-corrected chi connectivity index (χ1v) is 4.69. The van der Waals surface area contributed by atoms with E-state index in [1.54, 1.807) is 0 Å². The lowest BCUT2D eigenvalue weighted by atomic mass is 10.0. The molecular formula is C10H17NO2. The summed E-state index contributed by atoms with van der Waals surface area (Å²) in [5, 5.41) is 3.37. The molecule has 0 saturated carbocycles. The highest BCUT2D eigenvalue weighted by Crippen LogP contribution is 2.15. The highest BCUT2D eigenvalue weighted by Gasteiger charge is 2.15. The Balaban J connectivity index is 2.20. The molecule has 0 radical (unpaired) electrons. The molecule has 0 aromatic heterocycles. The van der Waals surface area contributed by atoms with Crippen LogP contribution in [0.2, 0.25) is 0 Å². The minimum atomic E-state index is -0.192. The second kappa shape index (κ2) is 5.02. The molecule has 0 aromatic carbocycles. The van der Waals surface area contributed by atoms with Gasteiger partial charge in [0.25, 0.3) is 0 Å². The lowest BCUT2D eigenvalue weighted by Crippen LogP contribution is -2.22. The summed E-state index contributed by atoms with van der Waals surface area (Å²) in [5.74, 6) is -0.192. The maximum Gasteiger partial charge on any atom is 0.309 e. The molecule has 3 nitrogen and oxygen atoms in total. The number of carbonyl (C=O) groups excluding carboxylic acids is 1. The number of hydrogen-bond acceptors (Lipinski definition) is 3. The predicted octanol–water partition coefficient (Wildman–Crippen LogP) is 1.25. The van der Waals surface area contributed by atoms with Crippen molar-refractivity contribution in [2.75, 3.05) is 13.7 Å². The average Bonchev–Trinajstić information content (AvgIpc) is 2.56. The maximum atomic E-state index is 10.9. The van der Waals surface area contributed by atoms with Gasteiger partial charge in [0.2, 0.25) is 0 Å². The number of methoxy groups -OCH3 is 1. The van der Waals surface area contributed by atoms with Crippen LogP contribution < -0.4 is 5.32 Å². The summed E-state index contributed by atoms with van der Waals surface area (Å²) in [6.07, 6.45) is 3.68. The Morgan fingerprint density at radius 3 is 3.00 bits per heavy atom. The van der Waals surface area contributed by atoms with Crippen molar-refractivity contribution in [3.05, 3.63) is 12.2 Å². The molecular weight excluding hydrogens is 166 g/mol. The minimum Gasteiger partial charge on any atom is -0.469 e. The van der Waals surface area contributed by atoms with Gasteiger partial charge in [0.1, 0.15) is 0 Å². The van der Waals surface area contributed by atoms with E-state index in [-0.39, 0.29) is 5.97 Å². The molecule has 1 rings (SSSR count). The zero-order chi connectivity index (χ0) is 9.68.